The molecule has 1 unspecified atom stereocenters. The minimum absolute atomic E-state index is 0.0660. The first-order valence-corrected chi connectivity index (χ1v) is 6.68. The van der Waals surface area contributed by atoms with Gasteiger partial charge < -0.3 is 15.5 Å². The Hall–Kier alpha value is -0.610. The van der Waals surface area contributed by atoms with Crippen LogP contribution in [0.15, 0.2) is 0 Å². The van der Waals surface area contributed by atoms with E-state index in [1.165, 1.54) is 12.8 Å². The van der Waals surface area contributed by atoms with Crippen LogP contribution in [0.4, 0.5) is 0 Å². The molecule has 17 heavy (non-hydrogen) atoms. The lowest BCUT2D eigenvalue weighted by molar-refractivity contribution is -0.134. The third-order valence-electron chi connectivity index (χ3n) is 3.77. The fourth-order valence-electron chi connectivity index (χ4n) is 2.47. The molecule has 1 aliphatic rings. The number of likely N-dealkylation sites (tertiary alicyclic amines) is 1. The molecule has 2 N–H and O–H groups in total. The van der Waals surface area contributed by atoms with Gasteiger partial charge in [0.1, 0.15) is 0 Å². The lowest BCUT2D eigenvalue weighted by Crippen LogP contribution is -2.40. The molecule has 0 aliphatic carbocycles. The molecule has 0 radical (unpaired) electrons. The normalized spacial score (nSPS) is 20.2. The summed E-state index contributed by atoms with van der Waals surface area (Å²) >= 11 is 0. The molecule has 0 aromatic rings. The van der Waals surface area contributed by atoms with Gasteiger partial charge in [-0.25, -0.2) is 0 Å². The number of carbonyl (C=O) groups excluding carboxylic acids is 1. The van der Waals surface area contributed by atoms with E-state index in [0.717, 1.165) is 26.1 Å². The largest absolute Gasteiger partial charge is 0.345 e. The summed E-state index contributed by atoms with van der Waals surface area (Å²) in [6.45, 7) is 5.78. The molecule has 1 heterocycles. The summed E-state index contributed by atoms with van der Waals surface area (Å²) in [7, 11) is 4.09. The Bertz CT molecular complexity index is 237. The first-order chi connectivity index (χ1) is 8.04. The zero-order chi connectivity index (χ0) is 12.8. The number of carbonyl (C=O) groups is 1. The zero-order valence-electron chi connectivity index (χ0n) is 11.5. The van der Waals surface area contributed by atoms with E-state index in [4.69, 9.17) is 5.73 Å². The van der Waals surface area contributed by atoms with Crippen LogP contribution in [0.2, 0.25) is 0 Å². The summed E-state index contributed by atoms with van der Waals surface area (Å²) in [5.74, 6) is 0.982. The molecule has 1 aliphatic heterocycles. The maximum atomic E-state index is 12.0. The van der Waals surface area contributed by atoms with E-state index in [0.29, 0.717) is 12.5 Å². The van der Waals surface area contributed by atoms with Crippen molar-refractivity contribution in [1.29, 1.82) is 0 Å². The number of amides is 1. The van der Waals surface area contributed by atoms with Crippen LogP contribution in [-0.2, 0) is 4.79 Å². The molecule has 4 nitrogen and oxygen atoms in total. The predicted octanol–water partition coefficient (Wildman–Crippen LogP) is 0.772. The van der Waals surface area contributed by atoms with Crippen LogP contribution in [0.5, 0.6) is 0 Å². The van der Waals surface area contributed by atoms with Gasteiger partial charge in [0.15, 0.2) is 0 Å². The molecule has 0 bridgehead atoms. The summed E-state index contributed by atoms with van der Waals surface area (Å²) in [5, 5.41) is 0. The van der Waals surface area contributed by atoms with Crippen LogP contribution in [0.3, 0.4) is 0 Å². The quantitative estimate of drug-likeness (QED) is 0.773. The summed E-state index contributed by atoms with van der Waals surface area (Å²) < 4.78 is 0. The molecular formula is C13H27N3O. The highest BCUT2D eigenvalue weighted by Crippen LogP contribution is 2.17. The number of piperidine rings is 1. The van der Waals surface area contributed by atoms with E-state index in [1.54, 1.807) is 0 Å². The zero-order valence-corrected chi connectivity index (χ0v) is 11.5. The van der Waals surface area contributed by atoms with Crippen LogP contribution in [-0.4, -0.2) is 56.0 Å². The fourth-order valence-corrected chi connectivity index (χ4v) is 2.47. The minimum atomic E-state index is 0.0660. The Labute approximate surface area is 105 Å². The van der Waals surface area contributed by atoms with Crippen LogP contribution >= 0.6 is 0 Å². The van der Waals surface area contributed by atoms with E-state index in [-0.39, 0.29) is 11.8 Å². The number of nitrogens with zero attached hydrogens (tertiary/aromatic N) is 2. The van der Waals surface area contributed by atoms with E-state index >= 15 is 0 Å². The van der Waals surface area contributed by atoms with Gasteiger partial charge in [-0.3, -0.25) is 4.79 Å². The predicted molar refractivity (Wildman–Crippen MR) is 70.7 cm³/mol. The lowest BCUT2D eigenvalue weighted by atomic mass is 9.96. The van der Waals surface area contributed by atoms with Gasteiger partial charge in [0, 0.05) is 19.5 Å². The highest BCUT2D eigenvalue weighted by molar-refractivity contribution is 5.78. The average Bonchev–Trinajstić information content (AvgIpc) is 2.31. The van der Waals surface area contributed by atoms with Crippen molar-refractivity contribution in [2.24, 2.45) is 17.6 Å². The van der Waals surface area contributed by atoms with Gasteiger partial charge in [-0.05, 0) is 51.9 Å². The van der Waals surface area contributed by atoms with E-state index in [2.05, 4.69) is 11.9 Å². The number of rotatable bonds is 5. The molecule has 1 rings (SSSR count). The van der Waals surface area contributed by atoms with Crippen LogP contribution in [0.25, 0.3) is 0 Å². The molecule has 1 saturated heterocycles. The summed E-state index contributed by atoms with van der Waals surface area (Å²) in [5.41, 5.74) is 5.49. The summed E-state index contributed by atoms with van der Waals surface area (Å²) in [6, 6.07) is 0. The maximum Gasteiger partial charge on any atom is 0.225 e. The van der Waals surface area contributed by atoms with E-state index in [1.807, 2.05) is 18.9 Å². The Morgan fingerprint density at radius 2 is 2.06 bits per heavy atom. The molecule has 0 spiro atoms. The van der Waals surface area contributed by atoms with Gasteiger partial charge in [-0.2, -0.15) is 0 Å². The summed E-state index contributed by atoms with van der Waals surface area (Å²) in [6.07, 6.45) is 3.20. The second kappa shape index (κ2) is 6.97. The van der Waals surface area contributed by atoms with Crippen LogP contribution in [0.1, 0.15) is 26.2 Å². The molecule has 0 saturated carbocycles. The second-order valence-corrected chi connectivity index (χ2v) is 5.44. The standard InChI is InChI=1S/C13H27N3O/c1-11(4-7-14)13(17)16(3)10-12-5-8-15(2)9-6-12/h11-12H,4-10,14H2,1-3H3. The van der Waals surface area contributed by atoms with Crippen molar-refractivity contribution in [3.63, 3.8) is 0 Å². The lowest BCUT2D eigenvalue weighted by Gasteiger charge is -2.32. The van der Waals surface area contributed by atoms with Crippen LogP contribution < -0.4 is 5.73 Å². The van der Waals surface area contributed by atoms with Gasteiger partial charge in [-0.15, -0.1) is 0 Å². The van der Waals surface area contributed by atoms with Gasteiger partial charge in [0.05, 0.1) is 0 Å². The molecule has 1 atom stereocenters. The molecule has 0 aromatic heterocycles. The van der Waals surface area contributed by atoms with Crippen molar-refractivity contribution in [2.45, 2.75) is 26.2 Å². The number of hydrogen-bond acceptors (Lipinski definition) is 3. The van der Waals surface area contributed by atoms with Gasteiger partial charge in [0.2, 0.25) is 5.91 Å². The first-order valence-electron chi connectivity index (χ1n) is 6.68. The van der Waals surface area contributed by atoms with Crippen molar-refractivity contribution in [3.05, 3.63) is 0 Å². The second-order valence-electron chi connectivity index (χ2n) is 5.44. The maximum absolute atomic E-state index is 12.0. The van der Waals surface area contributed by atoms with Crippen molar-refractivity contribution < 1.29 is 4.79 Å². The smallest absolute Gasteiger partial charge is 0.225 e. The Kier molecular flexibility index (Phi) is 5.92. The number of hydrogen-bond donors (Lipinski definition) is 1. The van der Waals surface area contributed by atoms with Gasteiger partial charge in [-0.1, -0.05) is 6.92 Å². The third-order valence-corrected chi connectivity index (χ3v) is 3.77. The van der Waals surface area contributed by atoms with Gasteiger partial charge in [0.25, 0.3) is 0 Å². The molecule has 0 aromatic carbocycles. The van der Waals surface area contributed by atoms with E-state index in [9.17, 15) is 4.79 Å². The monoisotopic (exact) mass is 241 g/mol. The third kappa shape index (κ3) is 4.64. The minimum Gasteiger partial charge on any atom is -0.345 e. The molecule has 1 fully saturated rings. The fraction of sp³-hybridized carbons (Fsp3) is 0.923. The number of nitrogens with two attached hydrogens (primary N) is 1. The van der Waals surface area contributed by atoms with Crippen molar-refractivity contribution >= 4 is 5.91 Å². The molecule has 100 valence electrons. The van der Waals surface area contributed by atoms with E-state index < -0.39 is 0 Å². The highest BCUT2D eigenvalue weighted by Gasteiger charge is 2.22. The Morgan fingerprint density at radius 3 is 2.59 bits per heavy atom. The molecule has 1 amide bonds. The van der Waals surface area contributed by atoms with Crippen molar-refractivity contribution in [2.75, 3.05) is 40.3 Å². The first kappa shape index (κ1) is 14.5. The Morgan fingerprint density at radius 1 is 1.47 bits per heavy atom. The molecular weight excluding hydrogens is 214 g/mol. The molecule has 4 heteroatoms. The van der Waals surface area contributed by atoms with Crippen LogP contribution in [0, 0.1) is 11.8 Å². The van der Waals surface area contributed by atoms with Crippen molar-refractivity contribution in [1.82, 2.24) is 9.80 Å². The van der Waals surface area contributed by atoms with Crippen molar-refractivity contribution in [3.8, 4) is 0 Å². The average molecular weight is 241 g/mol. The highest BCUT2D eigenvalue weighted by atomic mass is 16.2. The summed E-state index contributed by atoms with van der Waals surface area (Å²) in [4.78, 5) is 16.3. The van der Waals surface area contributed by atoms with Gasteiger partial charge >= 0.3 is 0 Å². The SMILES string of the molecule is CC(CCN)C(=O)N(C)CC1CCN(C)CC1. The Balaban J connectivity index is 2.32. The topological polar surface area (TPSA) is 49.6 Å².